The average Bonchev–Trinajstić information content (AvgIpc) is 2.84. The highest BCUT2D eigenvalue weighted by Crippen LogP contribution is 2.25. The van der Waals surface area contributed by atoms with Crippen LogP contribution in [0, 0.1) is 0 Å². The van der Waals surface area contributed by atoms with Crippen molar-refractivity contribution in [2.75, 3.05) is 24.2 Å². The highest BCUT2D eigenvalue weighted by atomic mass is 35.5. The van der Waals surface area contributed by atoms with Gasteiger partial charge in [0.2, 0.25) is 21.8 Å². The van der Waals surface area contributed by atoms with Crippen molar-refractivity contribution in [3.63, 3.8) is 0 Å². The molecule has 0 saturated carbocycles. The molecule has 2 aromatic carbocycles. The number of amides is 2. The first kappa shape index (κ1) is 30.7. The number of hydrogen-bond acceptors (Lipinski definition) is 5. The number of nitrogens with one attached hydrogen (secondary N) is 1. The highest BCUT2D eigenvalue weighted by molar-refractivity contribution is 7.92. The predicted molar refractivity (Wildman–Crippen MR) is 149 cm³/mol. The molecule has 0 aliphatic heterocycles. The molecule has 8 nitrogen and oxygen atoms in total. The molecule has 1 N–H and O–H groups in total. The van der Waals surface area contributed by atoms with E-state index in [0.717, 1.165) is 12.7 Å². The van der Waals surface area contributed by atoms with Gasteiger partial charge in [-0.15, -0.1) is 0 Å². The fourth-order valence-electron chi connectivity index (χ4n) is 3.63. The van der Waals surface area contributed by atoms with Crippen LogP contribution in [0.3, 0.4) is 0 Å². The van der Waals surface area contributed by atoms with Crippen molar-refractivity contribution < 1.29 is 22.7 Å². The molecule has 0 aliphatic carbocycles. The number of anilines is 1. The van der Waals surface area contributed by atoms with Crippen molar-refractivity contribution >= 4 is 50.7 Å². The third kappa shape index (κ3) is 9.09. The summed E-state index contributed by atoms with van der Waals surface area (Å²) in [4.78, 5) is 27.7. The highest BCUT2D eigenvalue weighted by Gasteiger charge is 2.28. The molecule has 2 rings (SSSR count). The number of benzene rings is 2. The quantitative estimate of drug-likeness (QED) is 0.369. The number of ether oxygens (including phenoxy) is 1. The molecule has 2 atom stereocenters. The van der Waals surface area contributed by atoms with Crippen molar-refractivity contribution in [2.24, 2.45) is 0 Å². The van der Waals surface area contributed by atoms with E-state index in [1.807, 2.05) is 13.8 Å². The number of carbonyl (C=O) groups is 2. The van der Waals surface area contributed by atoms with Gasteiger partial charge < -0.3 is 15.0 Å². The standard InChI is InChI=1S/C26H35Cl2N3O5S/c1-6-18(2)29-26(33)19(3)30(17-20-9-10-21(27)16-24(20)28)25(32)8-7-15-31(37(5,34)35)22-11-13-23(36-4)14-12-22/h9-14,16,18-19H,6-8,15,17H2,1-5H3,(H,29,33)/t18-,19+/m0/s1. The van der Waals surface area contributed by atoms with Crippen molar-refractivity contribution in [1.82, 2.24) is 10.2 Å². The molecule has 204 valence electrons. The Bertz CT molecular complexity index is 1180. The zero-order valence-corrected chi connectivity index (χ0v) is 24.2. The van der Waals surface area contributed by atoms with Crippen LogP contribution < -0.4 is 14.4 Å². The van der Waals surface area contributed by atoms with Crippen LogP contribution in [0.5, 0.6) is 5.75 Å². The lowest BCUT2D eigenvalue weighted by Gasteiger charge is -2.30. The van der Waals surface area contributed by atoms with E-state index in [9.17, 15) is 18.0 Å². The van der Waals surface area contributed by atoms with Gasteiger partial charge in [0.1, 0.15) is 11.8 Å². The molecule has 2 amide bonds. The molecular formula is C26H35Cl2N3O5S. The molecular weight excluding hydrogens is 537 g/mol. The van der Waals surface area contributed by atoms with Gasteiger partial charge in [0.25, 0.3) is 0 Å². The van der Waals surface area contributed by atoms with Gasteiger partial charge in [-0.3, -0.25) is 13.9 Å². The normalized spacial score (nSPS) is 12.9. The van der Waals surface area contributed by atoms with E-state index in [2.05, 4.69) is 5.32 Å². The van der Waals surface area contributed by atoms with E-state index >= 15 is 0 Å². The van der Waals surface area contributed by atoms with Gasteiger partial charge in [-0.05, 0) is 68.7 Å². The van der Waals surface area contributed by atoms with Gasteiger partial charge in [0.05, 0.1) is 19.1 Å². The van der Waals surface area contributed by atoms with Gasteiger partial charge in [-0.25, -0.2) is 8.42 Å². The van der Waals surface area contributed by atoms with E-state index in [4.69, 9.17) is 27.9 Å². The number of sulfonamides is 1. The molecule has 0 spiro atoms. The Balaban J connectivity index is 2.20. The first-order chi connectivity index (χ1) is 17.4. The zero-order valence-electron chi connectivity index (χ0n) is 21.8. The fraction of sp³-hybridized carbons (Fsp3) is 0.462. The zero-order chi connectivity index (χ0) is 27.8. The third-order valence-electron chi connectivity index (χ3n) is 6.04. The number of nitrogens with zero attached hydrogens (tertiary/aromatic N) is 2. The van der Waals surface area contributed by atoms with E-state index < -0.39 is 16.1 Å². The summed E-state index contributed by atoms with van der Waals surface area (Å²) in [5.41, 5.74) is 1.13. The predicted octanol–water partition coefficient (Wildman–Crippen LogP) is 4.88. The lowest BCUT2D eigenvalue weighted by atomic mass is 10.1. The van der Waals surface area contributed by atoms with Crippen molar-refractivity contribution in [2.45, 2.75) is 58.7 Å². The maximum Gasteiger partial charge on any atom is 0.242 e. The van der Waals surface area contributed by atoms with E-state index in [-0.39, 0.29) is 43.8 Å². The number of halogens is 2. The van der Waals surface area contributed by atoms with Crippen LogP contribution in [0.4, 0.5) is 5.69 Å². The van der Waals surface area contributed by atoms with Crippen molar-refractivity contribution in [3.05, 3.63) is 58.1 Å². The van der Waals surface area contributed by atoms with Crippen molar-refractivity contribution in [3.8, 4) is 5.75 Å². The second-order valence-electron chi connectivity index (χ2n) is 8.89. The van der Waals surface area contributed by atoms with Gasteiger partial charge in [-0.2, -0.15) is 0 Å². The Morgan fingerprint density at radius 1 is 1.08 bits per heavy atom. The van der Waals surface area contributed by atoms with Crippen LogP contribution >= 0.6 is 23.2 Å². The average molecular weight is 573 g/mol. The molecule has 0 fully saturated rings. The minimum atomic E-state index is -3.59. The van der Waals surface area contributed by atoms with Gasteiger partial charge in [-0.1, -0.05) is 36.2 Å². The summed E-state index contributed by atoms with van der Waals surface area (Å²) in [5, 5.41) is 3.77. The number of rotatable bonds is 13. The summed E-state index contributed by atoms with van der Waals surface area (Å²) >= 11 is 12.4. The van der Waals surface area contributed by atoms with Gasteiger partial charge in [0, 0.05) is 35.6 Å². The third-order valence-corrected chi connectivity index (χ3v) is 7.82. The number of hydrogen-bond donors (Lipinski definition) is 1. The molecule has 0 aromatic heterocycles. The molecule has 37 heavy (non-hydrogen) atoms. The number of methoxy groups -OCH3 is 1. The smallest absolute Gasteiger partial charge is 0.242 e. The van der Waals surface area contributed by atoms with Gasteiger partial charge in [0.15, 0.2) is 0 Å². The maximum absolute atomic E-state index is 13.4. The summed E-state index contributed by atoms with van der Waals surface area (Å²) in [7, 11) is -2.06. The summed E-state index contributed by atoms with van der Waals surface area (Å²) in [6.45, 7) is 5.73. The monoisotopic (exact) mass is 571 g/mol. The fourth-order valence-corrected chi connectivity index (χ4v) is 5.07. The molecule has 0 aliphatic rings. The largest absolute Gasteiger partial charge is 0.497 e. The molecule has 0 radical (unpaired) electrons. The molecule has 2 aromatic rings. The van der Waals surface area contributed by atoms with Crippen LogP contribution in [0.2, 0.25) is 10.0 Å². The second-order valence-corrected chi connectivity index (χ2v) is 11.6. The summed E-state index contributed by atoms with van der Waals surface area (Å²) < 4.78 is 31.3. The Morgan fingerprint density at radius 2 is 1.73 bits per heavy atom. The lowest BCUT2D eigenvalue weighted by Crippen LogP contribution is -2.49. The Labute approximate surface area is 229 Å². The molecule has 11 heteroatoms. The molecule has 0 bridgehead atoms. The van der Waals surface area contributed by atoms with E-state index in [1.54, 1.807) is 49.4 Å². The van der Waals surface area contributed by atoms with Crippen molar-refractivity contribution in [1.29, 1.82) is 0 Å². The van der Waals surface area contributed by atoms with Crippen LogP contribution in [0.1, 0.15) is 45.6 Å². The topological polar surface area (TPSA) is 96.0 Å². The van der Waals surface area contributed by atoms with Crippen LogP contribution in [-0.4, -0.2) is 57.1 Å². The SMILES string of the molecule is CC[C@H](C)NC(=O)[C@@H](C)N(Cc1ccc(Cl)cc1Cl)C(=O)CCCN(c1ccc(OC)cc1)S(C)(=O)=O. The molecule has 0 saturated heterocycles. The summed E-state index contributed by atoms with van der Waals surface area (Å²) in [5.74, 6) is 0.0401. The molecule has 0 heterocycles. The summed E-state index contributed by atoms with van der Waals surface area (Å²) in [6.07, 6.45) is 2.16. The first-order valence-electron chi connectivity index (χ1n) is 12.0. The Hall–Kier alpha value is -2.49. The van der Waals surface area contributed by atoms with E-state index in [1.165, 1.54) is 16.3 Å². The van der Waals surface area contributed by atoms with E-state index in [0.29, 0.717) is 27.0 Å². The molecule has 0 unspecified atom stereocenters. The maximum atomic E-state index is 13.4. The summed E-state index contributed by atoms with van der Waals surface area (Å²) in [6, 6.07) is 10.8. The van der Waals surface area contributed by atoms with Crippen LogP contribution in [0.25, 0.3) is 0 Å². The Morgan fingerprint density at radius 3 is 2.27 bits per heavy atom. The first-order valence-corrected chi connectivity index (χ1v) is 14.6. The van der Waals surface area contributed by atoms with Crippen LogP contribution in [0.15, 0.2) is 42.5 Å². The minimum Gasteiger partial charge on any atom is -0.497 e. The number of carbonyl (C=O) groups excluding carboxylic acids is 2. The minimum absolute atomic E-state index is 0.0360. The second kappa shape index (κ2) is 13.9. The van der Waals surface area contributed by atoms with Crippen LogP contribution in [-0.2, 0) is 26.2 Å². The van der Waals surface area contributed by atoms with Gasteiger partial charge >= 0.3 is 0 Å². The Kier molecular flexibility index (Phi) is 11.5. The lowest BCUT2D eigenvalue weighted by molar-refractivity contribution is -0.140.